The van der Waals surface area contributed by atoms with Gasteiger partial charge in [-0.05, 0) is 31.9 Å². The maximum absolute atomic E-state index is 5.56. The van der Waals surface area contributed by atoms with Crippen molar-refractivity contribution in [2.45, 2.75) is 45.8 Å². The molecule has 1 heterocycles. The Morgan fingerprint density at radius 3 is 2.88 bits per heavy atom. The van der Waals surface area contributed by atoms with E-state index in [1.807, 2.05) is 6.26 Å². The van der Waals surface area contributed by atoms with E-state index in [0.29, 0.717) is 5.92 Å². The quantitative estimate of drug-likeness (QED) is 0.789. The first kappa shape index (κ1) is 12.7. The van der Waals surface area contributed by atoms with Crippen LogP contribution in [0.3, 0.4) is 0 Å². The lowest BCUT2D eigenvalue weighted by Crippen LogP contribution is -2.23. The molecule has 1 fully saturated rings. The van der Waals surface area contributed by atoms with Gasteiger partial charge in [0.2, 0.25) is 0 Å². The van der Waals surface area contributed by atoms with Crippen LogP contribution in [0.4, 0.5) is 0 Å². The van der Waals surface area contributed by atoms with Crippen LogP contribution in [0.15, 0.2) is 16.7 Å². The van der Waals surface area contributed by atoms with Crippen molar-refractivity contribution < 1.29 is 4.42 Å². The molecular formula is C14H24N2O. The van der Waals surface area contributed by atoms with Gasteiger partial charge in [0.15, 0.2) is 0 Å². The summed E-state index contributed by atoms with van der Waals surface area (Å²) in [5, 5.41) is 3.50. The smallest absolute Gasteiger partial charge is 0.122 e. The number of hydrogen-bond donors (Lipinski definition) is 1. The van der Waals surface area contributed by atoms with Crippen molar-refractivity contribution in [1.29, 1.82) is 0 Å². The molecular weight excluding hydrogens is 212 g/mol. The summed E-state index contributed by atoms with van der Waals surface area (Å²) in [7, 11) is 2.17. The highest BCUT2D eigenvalue weighted by Crippen LogP contribution is 2.20. The highest BCUT2D eigenvalue weighted by molar-refractivity contribution is 5.17. The molecule has 17 heavy (non-hydrogen) atoms. The summed E-state index contributed by atoms with van der Waals surface area (Å²) in [5.74, 6) is 1.81. The van der Waals surface area contributed by atoms with Gasteiger partial charge < -0.3 is 14.6 Å². The molecule has 2 rings (SSSR count). The fourth-order valence-electron chi connectivity index (χ4n) is 2.17. The summed E-state index contributed by atoms with van der Waals surface area (Å²) in [6, 6.07) is 2.84. The molecule has 1 aromatic heterocycles. The number of hydrogen-bond acceptors (Lipinski definition) is 3. The fourth-order valence-corrected chi connectivity index (χ4v) is 2.17. The van der Waals surface area contributed by atoms with Crippen LogP contribution in [0, 0.1) is 5.92 Å². The summed E-state index contributed by atoms with van der Waals surface area (Å²) >= 11 is 0. The summed E-state index contributed by atoms with van der Waals surface area (Å²) in [5.41, 5.74) is 1.32. The summed E-state index contributed by atoms with van der Waals surface area (Å²) in [4.78, 5) is 2.36. The minimum Gasteiger partial charge on any atom is -0.468 e. The van der Waals surface area contributed by atoms with Crippen LogP contribution in [0.2, 0.25) is 0 Å². The molecule has 1 aliphatic carbocycles. The first-order chi connectivity index (χ1) is 8.15. The average molecular weight is 236 g/mol. The molecule has 96 valence electrons. The average Bonchev–Trinajstić information content (AvgIpc) is 2.96. The Balaban J connectivity index is 1.83. The summed E-state index contributed by atoms with van der Waals surface area (Å²) < 4.78 is 5.56. The van der Waals surface area contributed by atoms with E-state index in [1.54, 1.807) is 0 Å². The molecule has 0 saturated heterocycles. The zero-order chi connectivity index (χ0) is 12.3. The van der Waals surface area contributed by atoms with Crippen molar-refractivity contribution in [3.63, 3.8) is 0 Å². The van der Waals surface area contributed by atoms with Crippen molar-refractivity contribution in [3.05, 3.63) is 23.7 Å². The number of nitrogens with one attached hydrogen (secondary N) is 1. The molecule has 1 saturated carbocycles. The SMILES string of the molecule is CC(C)CN(C)Cc1ccoc1CNC1CC1. The van der Waals surface area contributed by atoms with Crippen LogP contribution in [0.25, 0.3) is 0 Å². The zero-order valence-electron chi connectivity index (χ0n) is 11.2. The normalized spacial score (nSPS) is 16.1. The van der Waals surface area contributed by atoms with Crippen LogP contribution in [-0.4, -0.2) is 24.5 Å². The van der Waals surface area contributed by atoms with Crippen molar-refractivity contribution in [2.24, 2.45) is 5.92 Å². The summed E-state index contributed by atoms with van der Waals surface area (Å²) in [6.07, 6.45) is 4.45. The molecule has 3 nitrogen and oxygen atoms in total. The van der Waals surface area contributed by atoms with Gasteiger partial charge in [-0.15, -0.1) is 0 Å². The van der Waals surface area contributed by atoms with Crippen molar-refractivity contribution in [2.75, 3.05) is 13.6 Å². The monoisotopic (exact) mass is 236 g/mol. The van der Waals surface area contributed by atoms with Crippen LogP contribution < -0.4 is 5.32 Å². The van der Waals surface area contributed by atoms with Gasteiger partial charge in [-0.3, -0.25) is 0 Å². The maximum Gasteiger partial charge on any atom is 0.122 e. The molecule has 1 aromatic rings. The molecule has 0 atom stereocenters. The fraction of sp³-hybridized carbons (Fsp3) is 0.714. The molecule has 0 amide bonds. The minimum absolute atomic E-state index is 0.708. The van der Waals surface area contributed by atoms with Gasteiger partial charge in [-0.1, -0.05) is 13.8 Å². The van der Waals surface area contributed by atoms with Crippen LogP contribution in [0.1, 0.15) is 38.0 Å². The largest absolute Gasteiger partial charge is 0.468 e. The molecule has 0 aromatic carbocycles. The second-order valence-corrected chi connectivity index (χ2v) is 5.61. The third-order valence-corrected chi connectivity index (χ3v) is 3.08. The lowest BCUT2D eigenvalue weighted by molar-refractivity contribution is 0.285. The Morgan fingerprint density at radius 2 is 2.24 bits per heavy atom. The third-order valence-electron chi connectivity index (χ3n) is 3.08. The van der Waals surface area contributed by atoms with E-state index in [-0.39, 0.29) is 0 Å². The minimum atomic E-state index is 0.708. The second-order valence-electron chi connectivity index (χ2n) is 5.61. The summed E-state index contributed by atoms with van der Waals surface area (Å²) in [6.45, 7) is 7.49. The van der Waals surface area contributed by atoms with E-state index in [4.69, 9.17) is 4.42 Å². The van der Waals surface area contributed by atoms with Crippen molar-refractivity contribution in [1.82, 2.24) is 10.2 Å². The molecule has 0 bridgehead atoms. The molecule has 0 spiro atoms. The molecule has 0 radical (unpaired) electrons. The standard InChI is InChI=1S/C14H24N2O/c1-11(2)9-16(3)10-12-6-7-17-14(12)8-15-13-4-5-13/h6-7,11,13,15H,4-5,8-10H2,1-3H3. The second kappa shape index (κ2) is 5.69. The van der Waals surface area contributed by atoms with E-state index in [9.17, 15) is 0 Å². The molecule has 0 unspecified atom stereocenters. The Kier molecular flexibility index (Phi) is 4.24. The van der Waals surface area contributed by atoms with Gasteiger partial charge in [-0.25, -0.2) is 0 Å². The number of rotatable bonds is 7. The number of nitrogens with zero attached hydrogens (tertiary/aromatic N) is 1. The Morgan fingerprint density at radius 1 is 1.47 bits per heavy atom. The molecule has 1 N–H and O–H groups in total. The van der Waals surface area contributed by atoms with Gasteiger partial charge >= 0.3 is 0 Å². The first-order valence-electron chi connectivity index (χ1n) is 6.62. The van der Waals surface area contributed by atoms with E-state index in [2.05, 4.69) is 37.2 Å². The van der Waals surface area contributed by atoms with E-state index in [1.165, 1.54) is 18.4 Å². The topological polar surface area (TPSA) is 28.4 Å². The lowest BCUT2D eigenvalue weighted by atomic mass is 10.2. The third kappa shape index (κ3) is 4.17. The Labute approximate surface area is 104 Å². The molecule has 1 aliphatic rings. The van der Waals surface area contributed by atoms with Gasteiger partial charge in [0.05, 0.1) is 12.8 Å². The van der Waals surface area contributed by atoms with Crippen molar-refractivity contribution in [3.8, 4) is 0 Å². The highest BCUT2D eigenvalue weighted by atomic mass is 16.3. The van der Waals surface area contributed by atoms with E-state index >= 15 is 0 Å². The molecule has 0 aliphatic heterocycles. The first-order valence-corrected chi connectivity index (χ1v) is 6.62. The highest BCUT2D eigenvalue weighted by Gasteiger charge is 2.21. The van der Waals surface area contributed by atoms with Crippen LogP contribution >= 0.6 is 0 Å². The van der Waals surface area contributed by atoms with Gasteiger partial charge in [0.25, 0.3) is 0 Å². The predicted molar refractivity (Wildman–Crippen MR) is 69.7 cm³/mol. The van der Waals surface area contributed by atoms with Crippen LogP contribution in [0.5, 0.6) is 0 Å². The Hall–Kier alpha value is -0.800. The Bertz CT molecular complexity index is 342. The van der Waals surface area contributed by atoms with Gasteiger partial charge in [-0.2, -0.15) is 0 Å². The maximum atomic E-state index is 5.56. The molecule has 3 heteroatoms. The lowest BCUT2D eigenvalue weighted by Gasteiger charge is -2.18. The van der Waals surface area contributed by atoms with Crippen molar-refractivity contribution >= 4 is 0 Å². The van der Waals surface area contributed by atoms with Gasteiger partial charge in [0, 0.05) is 24.7 Å². The zero-order valence-corrected chi connectivity index (χ0v) is 11.2. The number of furan rings is 1. The van der Waals surface area contributed by atoms with E-state index in [0.717, 1.165) is 31.4 Å². The predicted octanol–water partition coefficient (Wildman–Crippen LogP) is 2.62. The van der Waals surface area contributed by atoms with E-state index < -0.39 is 0 Å². The van der Waals surface area contributed by atoms with Crippen LogP contribution in [-0.2, 0) is 13.1 Å². The van der Waals surface area contributed by atoms with Gasteiger partial charge in [0.1, 0.15) is 5.76 Å².